The SMILES string of the molecule is CCCCC/C=C\C/C=C\CCCCCCCC(=O)OCC(COC(=O)CCCCCCCCCCCCCCCCCCCCCCCCCCCCCCCCCCC)OC(=O)CCCCCCC/C=C\C/C=C\CCCCCC. The molecule has 0 saturated carbocycles. The molecule has 0 fully saturated rings. The van der Waals surface area contributed by atoms with E-state index in [4.69, 9.17) is 14.2 Å². The lowest BCUT2D eigenvalue weighted by Gasteiger charge is -2.18. The summed E-state index contributed by atoms with van der Waals surface area (Å²) >= 11 is 0. The van der Waals surface area contributed by atoms with Gasteiger partial charge in [0.05, 0.1) is 0 Å². The van der Waals surface area contributed by atoms with Crippen LogP contribution in [0.1, 0.15) is 400 Å². The summed E-state index contributed by atoms with van der Waals surface area (Å²) in [5.74, 6) is -0.885. The smallest absolute Gasteiger partial charge is 0.306 e. The van der Waals surface area contributed by atoms with Crippen LogP contribution < -0.4 is 0 Å². The predicted molar refractivity (Wildman–Crippen MR) is 358 cm³/mol. The van der Waals surface area contributed by atoms with Gasteiger partial charge in [0.15, 0.2) is 6.10 Å². The highest BCUT2D eigenvalue weighted by molar-refractivity contribution is 5.71. The van der Waals surface area contributed by atoms with Crippen LogP contribution in [0.25, 0.3) is 0 Å². The Bertz CT molecular complexity index is 1410. The summed E-state index contributed by atoms with van der Waals surface area (Å²) in [6.07, 6.45) is 90.2. The van der Waals surface area contributed by atoms with Gasteiger partial charge in [-0.1, -0.05) is 345 Å². The van der Waals surface area contributed by atoms with Crippen molar-refractivity contribution >= 4 is 17.9 Å². The number of rotatable bonds is 68. The van der Waals surface area contributed by atoms with Gasteiger partial charge in [-0.3, -0.25) is 14.4 Å². The Balaban J connectivity index is 4.13. The van der Waals surface area contributed by atoms with Gasteiger partial charge in [0.1, 0.15) is 13.2 Å². The van der Waals surface area contributed by atoms with Crippen LogP contribution in [0.15, 0.2) is 48.6 Å². The number of hydrogen-bond donors (Lipinski definition) is 0. The van der Waals surface area contributed by atoms with Crippen LogP contribution in [0.2, 0.25) is 0 Å². The number of allylic oxidation sites excluding steroid dienone is 8. The number of hydrogen-bond acceptors (Lipinski definition) is 6. The van der Waals surface area contributed by atoms with Crippen LogP contribution in [0.4, 0.5) is 0 Å². The maximum absolute atomic E-state index is 12.9. The van der Waals surface area contributed by atoms with Crippen molar-refractivity contribution in [1.29, 1.82) is 0 Å². The Kier molecular flexibility index (Phi) is 68.6. The highest BCUT2D eigenvalue weighted by atomic mass is 16.6. The molecule has 1 atom stereocenters. The molecule has 0 saturated heterocycles. The first-order valence-corrected chi connectivity index (χ1v) is 36.6. The quantitative estimate of drug-likeness (QED) is 0.0261. The number of carbonyl (C=O) groups is 3. The van der Waals surface area contributed by atoms with Crippen molar-refractivity contribution in [2.24, 2.45) is 0 Å². The van der Waals surface area contributed by atoms with Gasteiger partial charge in [0.25, 0.3) is 0 Å². The highest BCUT2D eigenvalue weighted by Gasteiger charge is 2.19. The monoisotopic (exact) mass is 1150 g/mol. The van der Waals surface area contributed by atoms with E-state index in [1.54, 1.807) is 0 Å². The molecular formula is C76H140O6. The van der Waals surface area contributed by atoms with Crippen molar-refractivity contribution < 1.29 is 28.6 Å². The fourth-order valence-corrected chi connectivity index (χ4v) is 11.0. The first-order chi connectivity index (χ1) is 40.5. The van der Waals surface area contributed by atoms with Crippen LogP contribution in [-0.4, -0.2) is 37.2 Å². The molecule has 0 aliphatic carbocycles. The molecule has 1 unspecified atom stereocenters. The minimum Gasteiger partial charge on any atom is -0.462 e. The lowest BCUT2D eigenvalue weighted by Crippen LogP contribution is -2.30. The molecule has 0 heterocycles. The zero-order valence-electron chi connectivity index (χ0n) is 55.3. The van der Waals surface area contributed by atoms with Gasteiger partial charge in [-0.15, -0.1) is 0 Å². The molecule has 0 rings (SSSR count). The summed E-state index contributed by atoms with van der Waals surface area (Å²) in [5.41, 5.74) is 0. The number of ether oxygens (including phenoxy) is 3. The second-order valence-corrected chi connectivity index (χ2v) is 24.9. The van der Waals surface area contributed by atoms with E-state index >= 15 is 0 Å². The van der Waals surface area contributed by atoms with E-state index in [0.717, 1.165) is 103 Å². The third-order valence-electron chi connectivity index (χ3n) is 16.6. The van der Waals surface area contributed by atoms with Gasteiger partial charge in [-0.25, -0.2) is 0 Å². The van der Waals surface area contributed by atoms with Gasteiger partial charge < -0.3 is 14.2 Å². The van der Waals surface area contributed by atoms with Crippen LogP contribution >= 0.6 is 0 Å². The molecule has 6 nitrogen and oxygen atoms in total. The molecule has 0 aromatic carbocycles. The summed E-state index contributed by atoms with van der Waals surface area (Å²) in [6, 6.07) is 0. The van der Waals surface area contributed by atoms with E-state index in [9.17, 15) is 14.4 Å². The number of unbranched alkanes of at least 4 members (excludes halogenated alkanes) is 49. The first-order valence-electron chi connectivity index (χ1n) is 36.6. The van der Waals surface area contributed by atoms with Gasteiger partial charge >= 0.3 is 17.9 Å². The zero-order valence-corrected chi connectivity index (χ0v) is 55.3. The maximum atomic E-state index is 12.9. The number of esters is 3. The lowest BCUT2D eigenvalue weighted by molar-refractivity contribution is -0.167. The van der Waals surface area contributed by atoms with Gasteiger partial charge in [0, 0.05) is 19.3 Å². The van der Waals surface area contributed by atoms with Gasteiger partial charge in [0.2, 0.25) is 0 Å². The van der Waals surface area contributed by atoms with Crippen molar-refractivity contribution in [1.82, 2.24) is 0 Å². The van der Waals surface area contributed by atoms with Crippen molar-refractivity contribution in [3.63, 3.8) is 0 Å². The van der Waals surface area contributed by atoms with Crippen molar-refractivity contribution in [3.05, 3.63) is 48.6 Å². The normalized spacial score (nSPS) is 12.3. The van der Waals surface area contributed by atoms with E-state index in [-0.39, 0.29) is 31.1 Å². The van der Waals surface area contributed by atoms with E-state index in [1.165, 1.54) is 257 Å². The Hall–Kier alpha value is -2.63. The highest BCUT2D eigenvalue weighted by Crippen LogP contribution is 2.19. The lowest BCUT2D eigenvalue weighted by atomic mass is 10.0. The molecule has 0 N–H and O–H groups in total. The Labute approximate surface area is 511 Å². The summed E-state index contributed by atoms with van der Waals surface area (Å²) in [7, 11) is 0. The largest absolute Gasteiger partial charge is 0.462 e. The van der Waals surface area contributed by atoms with Gasteiger partial charge in [-0.05, 0) is 83.5 Å². The fourth-order valence-electron chi connectivity index (χ4n) is 11.0. The Morgan fingerprint density at radius 2 is 0.439 bits per heavy atom. The molecule has 480 valence electrons. The second-order valence-electron chi connectivity index (χ2n) is 24.9. The maximum Gasteiger partial charge on any atom is 0.306 e. The van der Waals surface area contributed by atoms with Gasteiger partial charge in [-0.2, -0.15) is 0 Å². The van der Waals surface area contributed by atoms with Crippen LogP contribution in [-0.2, 0) is 28.6 Å². The molecule has 0 aliphatic rings. The summed E-state index contributed by atoms with van der Waals surface area (Å²) in [4.78, 5) is 38.4. The van der Waals surface area contributed by atoms with E-state index in [1.807, 2.05) is 0 Å². The molecule has 0 aromatic heterocycles. The minimum atomic E-state index is -0.786. The van der Waals surface area contributed by atoms with Crippen LogP contribution in [0, 0.1) is 0 Å². The molecule has 6 heteroatoms. The molecule has 0 spiro atoms. The van der Waals surface area contributed by atoms with Crippen LogP contribution in [0.5, 0.6) is 0 Å². The summed E-state index contributed by atoms with van der Waals surface area (Å²) in [5, 5.41) is 0. The molecule has 0 amide bonds. The standard InChI is InChI=1S/C76H140O6/c1-4-7-10-13-16-19-22-25-28-30-31-32-33-34-35-36-37-38-39-40-41-42-43-44-45-46-49-51-54-57-60-63-66-69-75(78)81-72-73(71-80-74(77)68-65-62-59-56-53-50-47-27-24-21-18-15-12-9-6-3)82-76(79)70-67-64-61-58-55-52-48-29-26-23-20-17-14-11-8-5-2/h18,20-21,23,27,29,47-48,73H,4-17,19,22,24-26,28,30-46,49-72H2,1-3H3/b21-18-,23-20-,47-27-,48-29-. The van der Waals surface area contributed by atoms with E-state index in [2.05, 4.69) is 69.4 Å². The second kappa shape index (κ2) is 70.9. The summed E-state index contributed by atoms with van der Waals surface area (Å²) in [6.45, 7) is 6.64. The molecule has 0 aliphatic heterocycles. The first kappa shape index (κ1) is 79.4. The summed E-state index contributed by atoms with van der Waals surface area (Å²) < 4.78 is 17.0. The molecule has 0 bridgehead atoms. The number of carbonyl (C=O) groups excluding carboxylic acids is 3. The van der Waals surface area contributed by atoms with E-state index < -0.39 is 6.10 Å². The predicted octanol–water partition coefficient (Wildman–Crippen LogP) is 25.3. The molecule has 82 heavy (non-hydrogen) atoms. The third kappa shape index (κ3) is 68.2. The topological polar surface area (TPSA) is 78.9 Å². The average molecular weight is 1150 g/mol. The van der Waals surface area contributed by atoms with Crippen molar-refractivity contribution in [2.75, 3.05) is 13.2 Å². The third-order valence-corrected chi connectivity index (χ3v) is 16.6. The van der Waals surface area contributed by atoms with Crippen molar-refractivity contribution in [3.8, 4) is 0 Å². The minimum absolute atomic E-state index is 0.0799. The molecule has 0 radical (unpaired) electrons. The average Bonchev–Trinajstić information content (AvgIpc) is 3.47. The van der Waals surface area contributed by atoms with E-state index in [0.29, 0.717) is 19.3 Å². The Morgan fingerprint density at radius 1 is 0.244 bits per heavy atom. The zero-order chi connectivity index (χ0) is 59.2. The molecule has 0 aromatic rings. The molecular weight excluding hydrogens is 1010 g/mol. The fraction of sp³-hybridized carbons (Fsp3) is 0.855. The Morgan fingerprint density at radius 3 is 0.707 bits per heavy atom. The van der Waals surface area contributed by atoms with Crippen LogP contribution in [0.3, 0.4) is 0 Å². The van der Waals surface area contributed by atoms with Crippen molar-refractivity contribution in [2.45, 2.75) is 406 Å².